The largest absolute Gasteiger partial charge is 1.00 e. The van der Waals surface area contributed by atoms with Gasteiger partial charge in [0.25, 0.3) is 0 Å². The van der Waals surface area contributed by atoms with Gasteiger partial charge in [-0.15, -0.1) is 0 Å². The molecule has 0 heterocycles. The van der Waals surface area contributed by atoms with E-state index in [1.807, 2.05) is 0 Å². The highest BCUT2D eigenvalue weighted by molar-refractivity contribution is 4.55. The standard InChI is InChI=1S/C32H68N.BrH/c1-5-9-13-17-18-19-20-24-28-32-33(29-25-21-14-10-6-2,30-26-22-15-11-7-3)31-27-23-16-12-8-4;/h5-32H2,1-4H3;1H/q+1;/p-1. The molecule has 0 aliphatic carbocycles. The molecule has 0 aromatic heterocycles. The van der Waals surface area contributed by atoms with Crippen LogP contribution in [0.15, 0.2) is 0 Å². The maximum Gasteiger partial charge on any atom is 0.0786 e. The molecule has 0 aromatic rings. The summed E-state index contributed by atoms with van der Waals surface area (Å²) in [4.78, 5) is 0. The summed E-state index contributed by atoms with van der Waals surface area (Å²) < 4.78 is 1.47. The third-order valence-electron chi connectivity index (χ3n) is 7.94. The van der Waals surface area contributed by atoms with E-state index in [9.17, 15) is 0 Å². The fourth-order valence-corrected chi connectivity index (χ4v) is 5.58. The van der Waals surface area contributed by atoms with Crippen molar-refractivity contribution in [2.75, 3.05) is 26.2 Å². The van der Waals surface area contributed by atoms with Crippen LogP contribution in [0.5, 0.6) is 0 Å². The molecule has 0 rings (SSSR count). The van der Waals surface area contributed by atoms with Crippen LogP contribution >= 0.6 is 0 Å². The predicted octanol–water partition coefficient (Wildman–Crippen LogP) is 8.25. The van der Waals surface area contributed by atoms with Crippen LogP contribution in [0, 0.1) is 0 Å². The van der Waals surface area contributed by atoms with E-state index in [2.05, 4.69) is 27.7 Å². The topological polar surface area (TPSA) is 0 Å². The van der Waals surface area contributed by atoms with E-state index in [4.69, 9.17) is 0 Å². The van der Waals surface area contributed by atoms with Gasteiger partial charge < -0.3 is 21.5 Å². The molecule has 0 bridgehead atoms. The smallest absolute Gasteiger partial charge is 0.0786 e. The van der Waals surface area contributed by atoms with Crippen LogP contribution in [-0.4, -0.2) is 30.7 Å². The third kappa shape index (κ3) is 24.1. The van der Waals surface area contributed by atoms with Crippen LogP contribution in [0.4, 0.5) is 0 Å². The van der Waals surface area contributed by atoms with E-state index in [0.29, 0.717) is 0 Å². The second-order valence-corrected chi connectivity index (χ2v) is 11.3. The minimum absolute atomic E-state index is 0. The monoisotopic (exact) mass is 545 g/mol. The molecule has 0 radical (unpaired) electrons. The molecule has 0 saturated carbocycles. The first-order chi connectivity index (χ1) is 16.2. The first-order valence-electron chi connectivity index (χ1n) is 16.1. The quantitative estimate of drug-likeness (QED) is 0.0685. The van der Waals surface area contributed by atoms with Crippen molar-refractivity contribution in [3.63, 3.8) is 0 Å². The Hall–Kier alpha value is 0.440. The summed E-state index contributed by atoms with van der Waals surface area (Å²) >= 11 is 0. The Morgan fingerprint density at radius 3 is 0.647 bits per heavy atom. The van der Waals surface area contributed by atoms with Gasteiger partial charge in [-0.25, -0.2) is 0 Å². The number of hydrogen-bond donors (Lipinski definition) is 0. The molecule has 0 N–H and O–H groups in total. The summed E-state index contributed by atoms with van der Waals surface area (Å²) in [5.74, 6) is 0. The van der Waals surface area contributed by atoms with Crippen molar-refractivity contribution < 1.29 is 21.5 Å². The molecule has 0 fully saturated rings. The van der Waals surface area contributed by atoms with Crippen molar-refractivity contribution in [1.82, 2.24) is 0 Å². The van der Waals surface area contributed by atoms with Gasteiger partial charge in [0, 0.05) is 0 Å². The molecule has 2 heteroatoms. The maximum absolute atomic E-state index is 2.34. The summed E-state index contributed by atoms with van der Waals surface area (Å²) in [6.07, 6.45) is 34.8. The molecule has 0 aliphatic rings. The van der Waals surface area contributed by atoms with Crippen LogP contribution < -0.4 is 17.0 Å². The number of unbranched alkanes of at least 4 members (excludes halogenated alkanes) is 20. The number of nitrogens with zero attached hydrogens (tertiary/aromatic N) is 1. The number of hydrogen-bond acceptors (Lipinski definition) is 0. The van der Waals surface area contributed by atoms with Crippen molar-refractivity contribution >= 4 is 0 Å². The molecule has 0 unspecified atom stereocenters. The molecule has 1 nitrogen and oxygen atoms in total. The molecule has 0 atom stereocenters. The molecule has 0 amide bonds. The molecule has 0 saturated heterocycles. The van der Waals surface area contributed by atoms with Gasteiger partial charge in [-0.2, -0.15) is 0 Å². The number of rotatable bonds is 28. The Kier molecular flexibility index (Phi) is 31.9. The Morgan fingerprint density at radius 2 is 0.441 bits per heavy atom. The summed E-state index contributed by atoms with van der Waals surface area (Å²) in [6, 6.07) is 0. The fraction of sp³-hybridized carbons (Fsp3) is 1.00. The maximum atomic E-state index is 2.34. The van der Waals surface area contributed by atoms with Crippen LogP contribution in [0.3, 0.4) is 0 Å². The van der Waals surface area contributed by atoms with Crippen LogP contribution in [0.1, 0.15) is 182 Å². The molecule has 208 valence electrons. The molecule has 0 aliphatic heterocycles. The number of quaternary nitrogens is 1. The second-order valence-electron chi connectivity index (χ2n) is 11.3. The predicted molar refractivity (Wildman–Crippen MR) is 153 cm³/mol. The van der Waals surface area contributed by atoms with Gasteiger partial charge in [-0.1, -0.05) is 130 Å². The van der Waals surface area contributed by atoms with Gasteiger partial charge in [-0.3, -0.25) is 0 Å². The van der Waals surface area contributed by atoms with Crippen LogP contribution in [-0.2, 0) is 0 Å². The Bertz CT molecular complexity index is 321. The van der Waals surface area contributed by atoms with Gasteiger partial charge >= 0.3 is 0 Å². The van der Waals surface area contributed by atoms with Crippen molar-refractivity contribution in [3.05, 3.63) is 0 Å². The molecular formula is C32H68BrN. The highest BCUT2D eigenvalue weighted by Crippen LogP contribution is 2.20. The van der Waals surface area contributed by atoms with E-state index < -0.39 is 0 Å². The highest BCUT2D eigenvalue weighted by atomic mass is 79.9. The first-order valence-corrected chi connectivity index (χ1v) is 16.1. The van der Waals surface area contributed by atoms with Crippen molar-refractivity contribution in [2.24, 2.45) is 0 Å². The minimum atomic E-state index is 0. The fourth-order valence-electron chi connectivity index (χ4n) is 5.58. The van der Waals surface area contributed by atoms with Crippen LogP contribution in [0.2, 0.25) is 0 Å². The summed E-state index contributed by atoms with van der Waals surface area (Å²) in [5.41, 5.74) is 0. The van der Waals surface area contributed by atoms with Crippen molar-refractivity contribution in [1.29, 1.82) is 0 Å². The van der Waals surface area contributed by atoms with E-state index in [1.165, 1.54) is 185 Å². The zero-order chi connectivity index (χ0) is 24.3. The molecule has 0 aromatic carbocycles. The summed E-state index contributed by atoms with van der Waals surface area (Å²) in [5, 5.41) is 0. The summed E-state index contributed by atoms with van der Waals surface area (Å²) in [6.45, 7) is 15.3. The van der Waals surface area contributed by atoms with Crippen LogP contribution in [0.25, 0.3) is 0 Å². The van der Waals surface area contributed by atoms with Gasteiger partial charge in [0.2, 0.25) is 0 Å². The lowest BCUT2D eigenvalue weighted by Gasteiger charge is -2.40. The van der Waals surface area contributed by atoms with E-state index in [-0.39, 0.29) is 17.0 Å². The average molecular weight is 547 g/mol. The van der Waals surface area contributed by atoms with Crippen molar-refractivity contribution in [2.45, 2.75) is 182 Å². The van der Waals surface area contributed by atoms with E-state index >= 15 is 0 Å². The van der Waals surface area contributed by atoms with Gasteiger partial charge in [0.05, 0.1) is 26.2 Å². The Labute approximate surface area is 229 Å². The Balaban J connectivity index is 0. The average Bonchev–Trinajstić information content (AvgIpc) is 2.82. The van der Waals surface area contributed by atoms with Gasteiger partial charge in [0.1, 0.15) is 0 Å². The normalized spacial score (nSPS) is 11.6. The van der Waals surface area contributed by atoms with E-state index in [0.717, 1.165) is 0 Å². The zero-order valence-corrected chi connectivity index (χ0v) is 26.2. The highest BCUT2D eigenvalue weighted by Gasteiger charge is 2.25. The molecule has 34 heavy (non-hydrogen) atoms. The lowest BCUT2D eigenvalue weighted by molar-refractivity contribution is -0.929. The SMILES string of the molecule is CCCCCCCCCCC[N+](CCCCCCC)(CCCCCCC)CCCCCCC.[Br-]. The second kappa shape index (κ2) is 29.7. The zero-order valence-electron chi connectivity index (χ0n) is 24.6. The molecule has 0 spiro atoms. The van der Waals surface area contributed by atoms with Gasteiger partial charge in [0.15, 0.2) is 0 Å². The Morgan fingerprint density at radius 1 is 0.265 bits per heavy atom. The van der Waals surface area contributed by atoms with E-state index in [1.54, 1.807) is 0 Å². The molecular weight excluding hydrogens is 478 g/mol. The minimum Gasteiger partial charge on any atom is -1.00 e. The third-order valence-corrected chi connectivity index (χ3v) is 7.94. The first kappa shape index (κ1) is 36.6. The van der Waals surface area contributed by atoms with Gasteiger partial charge in [-0.05, 0) is 51.4 Å². The summed E-state index contributed by atoms with van der Waals surface area (Å²) in [7, 11) is 0. The van der Waals surface area contributed by atoms with Crippen molar-refractivity contribution in [3.8, 4) is 0 Å². The number of halogens is 1. The lowest BCUT2D eigenvalue weighted by Crippen LogP contribution is -3.00. The lowest BCUT2D eigenvalue weighted by atomic mass is 10.0.